The van der Waals surface area contributed by atoms with Crippen molar-refractivity contribution in [2.45, 2.75) is 32.7 Å². The molecule has 1 saturated carbocycles. The summed E-state index contributed by atoms with van der Waals surface area (Å²) in [6, 6.07) is 0.434. The summed E-state index contributed by atoms with van der Waals surface area (Å²) in [5.41, 5.74) is 0. The smallest absolute Gasteiger partial charge is 0.285 e. The van der Waals surface area contributed by atoms with Crippen molar-refractivity contribution in [3.05, 3.63) is 5.01 Å². The second-order valence-corrected chi connectivity index (χ2v) is 4.74. The highest BCUT2D eigenvalue weighted by molar-refractivity contribution is 7.17. The molecule has 0 atom stereocenters. The van der Waals surface area contributed by atoms with E-state index in [9.17, 15) is 4.79 Å². The van der Waals surface area contributed by atoms with Gasteiger partial charge in [0.1, 0.15) is 0 Å². The number of rotatable bonds is 5. The molecule has 1 heterocycles. The average Bonchev–Trinajstić information content (AvgIpc) is 2.99. The number of aromatic nitrogens is 2. The van der Waals surface area contributed by atoms with Gasteiger partial charge in [-0.2, -0.15) is 0 Å². The minimum Gasteiger partial charge on any atom is -0.360 e. The van der Waals surface area contributed by atoms with Crippen LogP contribution in [0.1, 0.15) is 36.5 Å². The Balaban J connectivity index is 2.06. The monoisotopic (exact) mass is 240 g/mol. The Kier molecular flexibility index (Phi) is 3.38. The highest BCUT2D eigenvalue weighted by atomic mass is 32.1. The van der Waals surface area contributed by atoms with Gasteiger partial charge in [-0.25, -0.2) is 0 Å². The van der Waals surface area contributed by atoms with Crippen molar-refractivity contribution >= 4 is 22.4 Å². The molecule has 0 saturated heterocycles. The van der Waals surface area contributed by atoms with Crippen LogP contribution in [0, 0.1) is 0 Å². The Morgan fingerprint density at radius 2 is 2.25 bits per heavy atom. The van der Waals surface area contributed by atoms with E-state index in [0.717, 1.165) is 31.1 Å². The SMILES string of the molecule is CCNc1nnc(C(=O)N(CC)C2CC2)s1. The Labute approximate surface area is 98.9 Å². The molecular weight excluding hydrogens is 224 g/mol. The van der Waals surface area contributed by atoms with Crippen LogP contribution in [-0.2, 0) is 0 Å². The molecule has 2 rings (SSSR count). The molecule has 1 aliphatic carbocycles. The van der Waals surface area contributed by atoms with E-state index < -0.39 is 0 Å². The van der Waals surface area contributed by atoms with E-state index >= 15 is 0 Å². The summed E-state index contributed by atoms with van der Waals surface area (Å²) in [6.07, 6.45) is 2.25. The zero-order valence-corrected chi connectivity index (χ0v) is 10.4. The van der Waals surface area contributed by atoms with E-state index in [1.165, 1.54) is 11.3 Å². The second kappa shape index (κ2) is 4.78. The third-order valence-corrected chi connectivity index (χ3v) is 3.39. The zero-order chi connectivity index (χ0) is 11.5. The van der Waals surface area contributed by atoms with Crippen LogP contribution in [0.4, 0.5) is 5.13 Å². The summed E-state index contributed by atoms with van der Waals surface area (Å²) in [5.74, 6) is 0.0200. The molecule has 6 heteroatoms. The van der Waals surface area contributed by atoms with Crippen molar-refractivity contribution in [2.75, 3.05) is 18.4 Å². The Morgan fingerprint density at radius 1 is 1.50 bits per heavy atom. The average molecular weight is 240 g/mol. The fourth-order valence-corrected chi connectivity index (χ4v) is 2.38. The van der Waals surface area contributed by atoms with Gasteiger partial charge in [0.05, 0.1) is 0 Å². The van der Waals surface area contributed by atoms with Gasteiger partial charge in [-0.15, -0.1) is 10.2 Å². The molecule has 1 N–H and O–H groups in total. The van der Waals surface area contributed by atoms with Crippen LogP contribution >= 0.6 is 11.3 Å². The normalized spacial score (nSPS) is 14.9. The van der Waals surface area contributed by atoms with E-state index in [1.807, 2.05) is 18.7 Å². The molecule has 0 radical (unpaired) electrons. The highest BCUT2D eigenvalue weighted by Gasteiger charge is 2.33. The van der Waals surface area contributed by atoms with Crippen molar-refractivity contribution in [3.63, 3.8) is 0 Å². The molecule has 1 aliphatic rings. The van der Waals surface area contributed by atoms with E-state index in [0.29, 0.717) is 11.0 Å². The summed E-state index contributed by atoms with van der Waals surface area (Å²) >= 11 is 1.33. The molecule has 1 amide bonds. The standard InChI is InChI=1S/C10H16N4OS/c1-3-11-10-13-12-8(16-10)9(15)14(4-2)7-5-6-7/h7H,3-6H2,1-2H3,(H,11,13). The van der Waals surface area contributed by atoms with Crippen molar-refractivity contribution in [3.8, 4) is 0 Å². The number of carbonyl (C=O) groups is 1. The van der Waals surface area contributed by atoms with Crippen molar-refractivity contribution < 1.29 is 4.79 Å². The van der Waals surface area contributed by atoms with Crippen LogP contribution in [0.3, 0.4) is 0 Å². The molecule has 1 aromatic heterocycles. The first-order valence-corrected chi connectivity index (χ1v) is 6.46. The summed E-state index contributed by atoms with van der Waals surface area (Å²) in [5, 5.41) is 12.1. The maximum atomic E-state index is 12.1. The lowest BCUT2D eigenvalue weighted by molar-refractivity contribution is 0.0751. The molecular formula is C10H16N4OS. The van der Waals surface area contributed by atoms with Gasteiger partial charge < -0.3 is 10.2 Å². The van der Waals surface area contributed by atoms with Crippen LogP contribution in [0.2, 0.25) is 0 Å². The van der Waals surface area contributed by atoms with Crippen molar-refractivity contribution in [1.29, 1.82) is 0 Å². The van der Waals surface area contributed by atoms with Gasteiger partial charge in [-0.3, -0.25) is 4.79 Å². The number of amides is 1. The van der Waals surface area contributed by atoms with Crippen LogP contribution in [0.5, 0.6) is 0 Å². The third-order valence-electron chi connectivity index (χ3n) is 2.53. The Morgan fingerprint density at radius 3 is 2.81 bits per heavy atom. The molecule has 0 bridgehead atoms. The van der Waals surface area contributed by atoms with E-state index in [2.05, 4.69) is 15.5 Å². The fourth-order valence-electron chi connectivity index (χ4n) is 1.61. The molecule has 0 spiro atoms. The predicted molar refractivity (Wildman–Crippen MR) is 63.8 cm³/mol. The summed E-state index contributed by atoms with van der Waals surface area (Å²) in [7, 11) is 0. The van der Waals surface area contributed by atoms with Crippen LogP contribution in [0.25, 0.3) is 0 Å². The van der Waals surface area contributed by atoms with Gasteiger partial charge in [0.2, 0.25) is 10.1 Å². The lowest BCUT2D eigenvalue weighted by atomic mass is 10.4. The molecule has 0 aliphatic heterocycles. The number of hydrogen-bond donors (Lipinski definition) is 1. The van der Waals surface area contributed by atoms with Crippen molar-refractivity contribution in [1.82, 2.24) is 15.1 Å². The number of nitrogens with zero attached hydrogens (tertiary/aromatic N) is 3. The minimum atomic E-state index is 0.0200. The van der Waals surface area contributed by atoms with Crippen molar-refractivity contribution in [2.24, 2.45) is 0 Å². The molecule has 88 valence electrons. The number of anilines is 1. The number of hydrogen-bond acceptors (Lipinski definition) is 5. The maximum Gasteiger partial charge on any atom is 0.285 e. The second-order valence-electron chi connectivity index (χ2n) is 3.77. The lowest BCUT2D eigenvalue weighted by Gasteiger charge is -2.18. The quantitative estimate of drug-likeness (QED) is 0.849. The van der Waals surface area contributed by atoms with E-state index in [-0.39, 0.29) is 5.91 Å². The van der Waals surface area contributed by atoms with Gasteiger partial charge in [-0.1, -0.05) is 11.3 Å². The molecule has 0 aromatic carbocycles. The molecule has 5 nitrogen and oxygen atoms in total. The van der Waals surface area contributed by atoms with Gasteiger partial charge in [-0.05, 0) is 26.7 Å². The minimum absolute atomic E-state index is 0.0200. The largest absolute Gasteiger partial charge is 0.360 e. The fraction of sp³-hybridized carbons (Fsp3) is 0.700. The number of nitrogens with one attached hydrogen (secondary N) is 1. The summed E-state index contributed by atoms with van der Waals surface area (Å²) in [6.45, 7) is 5.54. The van der Waals surface area contributed by atoms with Gasteiger partial charge in [0.15, 0.2) is 0 Å². The van der Waals surface area contributed by atoms with Crippen LogP contribution in [-0.4, -0.2) is 40.1 Å². The third kappa shape index (κ3) is 2.32. The highest BCUT2D eigenvalue weighted by Crippen LogP contribution is 2.28. The summed E-state index contributed by atoms with van der Waals surface area (Å²) < 4.78 is 0. The first kappa shape index (κ1) is 11.3. The first-order valence-electron chi connectivity index (χ1n) is 5.64. The molecule has 0 unspecified atom stereocenters. The predicted octanol–water partition coefficient (Wildman–Crippen LogP) is 1.59. The topological polar surface area (TPSA) is 58.1 Å². The molecule has 16 heavy (non-hydrogen) atoms. The Bertz CT molecular complexity index is 375. The first-order chi connectivity index (χ1) is 7.76. The van der Waals surface area contributed by atoms with E-state index in [4.69, 9.17) is 0 Å². The Hall–Kier alpha value is -1.17. The van der Waals surface area contributed by atoms with Crippen LogP contribution < -0.4 is 5.32 Å². The van der Waals surface area contributed by atoms with Gasteiger partial charge >= 0.3 is 0 Å². The van der Waals surface area contributed by atoms with Crippen LogP contribution in [0.15, 0.2) is 0 Å². The molecule has 1 fully saturated rings. The number of carbonyl (C=O) groups excluding carboxylic acids is 1. The maximum absolute atomic E-state index is 12.1. The summed E-state index contributed by atoms with van der Waals surface area (Å²) in [4.78, 5) is 14.0. The van der Waals surface area contributed by atoms with Gasteiger partial charge in [0.25, 0.3) is 5.91 Å². The zero-order valence-electron chi connectivity index (χ0n) is 9.56. The lowest BCUT2D eigenvalue weighted by Crippen LogP contribution is -2.32. The van der Waals surface area contributed by atoms with Gasteiger partial charge in [0, 0.05) is 19.1 Å². The molecule has 1 aromatic rings. The van der Waals surface area contributed by atoms with E-state index in [1.54, 1.807) is 0 Å².